The van der Waals surface area contributed by atoms with Gasteiger partial charge in [0.15, 0.2) is 0 Å². The fourth-order valence-corrected chi connectivity index (χ4v) is 2.53. The van der Waals surface area contributed by atoms with Crippen LogP contribution in [0.3, 0.4) is 0 Å². The molecule has 0 aliphatic carbocycles. The number of nitrogens with zero attached hydrogens (tertiary/aromatic N) is 3. The van der Waals surface area contributed by atoms with Gasteiger partial charge in [-0.05, 0) is 32.0 Å². The molecule has 2 aromatic rings. The average molecular weight is 305 g/mol. The predicted octanol–water partition coefficient (Wildman–Crippen LogP) is 2.42. The Morgan fingerprint density at radius 1 is 1.52 bits per heavy atom. The van der Waals surface area contributed by atoms with Gasteiger partial charge in [0, 0.05) is 13.6 Å². The van der Waals surface area contributed by atoms with Gasteiger partial charge in [0.1, 0.15) is 5.82 Å². The van der Waals surface area contributed by atoms with Crippen molar-refractivity contribution >= 4 is 28.5 Å². The Hall–Kier alpha value is -2.06. The van der Waals surface area contributed by atoms with Crippen molar-refractivity contribution in [3.8, 4) is 6.07 Å². The van der Waals surface area contributed by atoms with E-state index >= 15 is 0 Å². The molecule has 1 heterocycles. The van der Waals surface area contributed by atoms with E-state index < -0.39 is 5.41 Å². The zero-order valence-electron chi connectivity index (χ0n) is 12.3. The highest BCUT2D eigenvalue weighted by atomic mass is 35.5. The number of amides is 1. The third kappa shape index (κ3) is 2.86. The van der Waals surface area contributed by atoms with E-state index in [4.69, 9.17) is 16.9 Å². The molecular weight excluding hydrogens is 288 g/mol. The summed E-state index contributed by atoms with van der Waals surface area (Å²) >= 11 is 5.97. The van der Waals surface area contributed by atoms with Gasteiger partial charge in [-0.2, -0.15) is 5.26 Å². The van der Waals surface area contributed by atoms with Crippen molar-refractivity contribution in [2.24, 2.45) is 5.41 Å². The number of rotatable bonds is 4. The van der Waals surface area contributed by atoms with Crippen LogP contribution in [-0.2, 0) is 17.2 Å². The summed E-state index contributed by atoms with van der Waals surface area (Å²) in [4.78, 5) is 16.5. The van der Waals surface area contributed by atoms with E-state index in [1.165, 1.54) is 0 Å². The summed E-state index contributed by atoms with van der Waals surface area (Å²) in [5, 5.41) is 11.7. The molecule has 6 heteroatoms. The third-order valence-corrected chi connectivity index (χ3v) is 3.71. The first-order valence-corrected chi connectivity index (χ1v) is 7.14. The van der Waals surface area contributed by atoms with Crippen molar-refractivity contribution < 1.29 is 4.79 Å². The Bertz CT molecular complexity index is 727. The summed E-state index contributed by atoms with van der Waals surface area (Å²) in [5.41, 5.74) is 1.55. The predicted molar refractivity (Wildman–Crippen MR) is 81.9 cm³/mol. The molecule has 0 radical (unpaired) electrons. The second kappa shape index (κ2) is 5.74. The second-order valence-corrected chi connectivity index (χ2v) is 5.79. The van der Waals surface area contributed by atoms with Gasteiger partial charge in [0.05, 0.1) is 34.0 Å². The van der Waals surface area contributed by atoms with Crippen LogP contribution in [-0.4, -0.2) is 22.5 Å². The zero-order chi connectivity index (χ0) is 15.6. The third-order valence-electron chi connectivity index (χ3n) is 3.47. The van der Waals surface area contributed by atoms with Crippen molar-refractivity contribution in [2.45, 2.75) is 26.3 Å². The average Bonchev–Trinajstić information content (AvgIpc) is 2.82. The summed E-state index contributed by atoms with van der Waals surface area (Å²) in [7, 11) is 1.62. The van der Waals surface area contributed by atoms with Gasteiger partial charge in [-0.25, -0.2) is 4.98 Å². The van der Waals surface area contributed by atoms with E-state index in [-0.39, 0.29) is 11.8 Å². The lowest BCUT2D eigenvalue weighted by Crippen LogP contribution is -2.38. The number of carbonyl (C=O) groups is 1. The van der Waals surface area contributed by atoms with Gasteiger partial charge in [0.2, 0.25) is 5.91 Å². The summed E-state index contributed by atoms with van der Waals surface area (Å²) < 4.78 is 1.92. The summed E-state index contributed by atoms with van der Waals surface area (Å²) in [6.07, 6.45) is 0. The SMILES string of the molecule is CNC(=O)C(C)(C)Cn1c(CCl)nc2ccc(C#N)cc21. The molecule has 1 aromatic carbocycles. The van der Waals surface area contributed by atoms with Crippen LogP contribution in [0.1, 0.15) is 25.2 Å². The zero-order valence-corrected chi connectivity index (χ0v) is 13.0. The Labute approximate surface area is 128 Å². The maximum Gasteiger partial charge on any atom is 0.227 e. The Morgan fingerprint density at radius 3 is 2.81 bits per heavy atom. The number of halogens is 1. The lowest BCUT2D eigenvalue weighted by molar-refractivity contribution is -0.129. The highest BCUT2D eigenvalue weighted by Gasteiger charge is 2.29. The summed E-state index contributed by atoms with van der Waals surface area (Å²) in [5.74, 6) is 0.889. The molecule has 0 spiro atoms. The van der Waals surface area contributed by atoms with Crippen LogP contribution in [0.5, 0.6) is 0 Å². The van der Waals surface area contributed by atoms with E-state index in [1.807, 2.05) is 18.4 Å². The first kappa shape index (κ1) is 15.3. The molecule has 0 bridgehead atoms. The number of hydrogen-bond acceptors (Lipinski definition) is 3. The van der Waals surface area contributed by atoms with Gasteiger partial charge >= 0.3 is 0 Å². The van der Waals surface area contributed by atoms with Crippen LogP contribution in [0.4, 0.5) is 0 Å². The molecule has 0 saturated carbocycles. The molecule has 0 fully saturated rings. The number of imidazole rings is 1. The van der Waals surface area contributed by atoms with Crippen molar-refractivity contribution in [3.63, 3.8) is 0 Å². The van der Waals surface area contributed by atoms with Gasteiger partial charge < -0.3 is 9.88 Å². The fraction of sp³-hybridized carbons (Fsp3) is 0.400. The first-order chi connectivity index (χ1) is 9.92. The van der Waals surface area contributed by atoms with E-state index in [0.29, 0.717) is 17.9 Å². The monoisotopic (exact) mass is 304 g/mol. The summed E-state index contributed by atoms with van der Waals surface area (Å²) in [6.45, 7) is 4.17. The Morgan fingerprint density at radius 2 is 2.24 bits per heavy atom. The molecule has 1 N–H and O–H groups in total. The maximum atomic E-state index is 12.0. The van der Waals surface area contributed by atoms with Crippen LogP contribution < -0.4 is 5.32 Å². The van der Waals surface area contributed by atoms with Gasteiger partial charge in [-0.1, -0.05) is 0 Å². The number of fused-ring (bicyclic) bond motifs is 1. The van der Waals surface area contributed by atoms with Crippen LogP contribution >= 0.6 is 11.6 Å². The maximum absolute atomic E-state index is 12.0. The minimum absolute atomic E-state index is 0.0543. The van der Waals surface area contributed by atoms with Crippen LogP contribution in [0.25, 0.3) is 11.0 Å². The fourth-order valence-electron chi connectivity index (χ4n) is 2.33. The molecular formula is C15H17ClN4O. The number of benzene rings is 1. The van der Waals surface area contributed by atoms with Crippen molar-refractivity contribution in [3.05, 3.63) is 29.6 Å². The molecule has 1 aromatic heterocycles. The van der Waals surface area contributed by atoms with Crippen molar-refractivity contribution in [1.29, 1.82) is 5.26 Å². The minimum Gasteiger partial charge on any atom is -0.359 e. The second-order valence-electron chi connectivity index (χ2n) is 5.53. The molecule has 0 saturated heterocycles. The van der Waals surface area contributed by atoms with E-state index in [0.717, 1.165) is 11.0 Å². The van der Waals surface area contributed by atoms with Gasteiger partial charge in [0.25, 0.3) is 0 Å². The lowest BCUT2D eigenvalue weighted by Gasteiger charge is -2.24. The number of nitriles is 1. The van der Waals surface area contributed by atoms with Crippen LogP contribution in [0.2, 0.25) is 0 Å². The van der Waals surface area contributed by atoms with Gasteiger partial charge in [-0.3, -0.25) is 4.79 Å². The van der Waals surface area contributed by atoms with Crippen LogP contribution in [0.15, 0.2) is 18.2 Å². The number of carbonyl (C=O) groups excluding carboxylic acids is 1. The number of nitrogens with one attached hydrogen (secondary N) is 1. The quantitative estimate of drug-likeness (QED) is 0.882. The number of aromatic nitrogens is 2. The molecule has 110 valence electrons. The minimum atomic E-state index is -0.605. The molecule has 21 heavy (non-hydrogen) atoms. The molecule has 0 aliphatic heterocycles. The van der Waals surface area contributed by atoms with E-state index in [2.05, 4.69) is 16.4 Å². The molecule has 5 nitrogen and oxygen atoms in total. The Kier molecular flexibility index (Phi) is 4.19. The highest BCUT2D eigenvalue weighted by Crippen LogP contribution is 2.25. The van der Waals surface area contributed by atoms with Crippen LogP contribution in [0, 0.1) is 16.7 Å². The number of hydrogen-bond donors (Lipinski definition) is 1. The normalized spacial score (nSPS) is 11.4. The summed E-state index contributed by atoms with van der Waals surface area (Å²) in [6, 6.07) is 7.42. The van der Waals surface area contributed by atoms with Crippen molar-refractivity contribution in [2.75, 3.05) is 7.05 Å². The number of alkyl halides is 1. The highest BCUT2D eigenvalue weighted by molar-refractivity contribution is 6.16. The van der Waals surface area contributed by atoms with E-state index in [1.54, 1.807) is 25.2 Å². The topological polar surface area (TPSA) is 70.7 Å². The smallest absolute Gasteiger partial charge is 0.227 e. The molecule has 2 rings (SSSR count). The van der Waals surface area contributed by atoms with E-state index in [9.17, 15) is 4.79 Å². The Balaban J connectivity index is 2.56. The molecule has 1 amide bonds. The largest absolute Gasteiger partial charge is 0.359 e. The molecule has 0 unspecified atom stereocenters. The lowest BCUT2D eigenvalue weighted by atomic mass is 9.92. The first-order valence-electron chi connectivity index (χ1n) is 6.60. The molecule has 0 aliphatic rings. The van der Waals surface area contributed by atoms with Crippen molar-refractivity contribution in [1.82, 2.24) is 14.9 Å². The van der Waals surface area contributed by atoms with Gasteiger partial charge in [-0.15, -0.1) is 11.6 Å². The standard InChI is InChI=1S/C15H17ClN4O/c1-15(2,14(21)18-3)9-20-12-6-10(8-17)4-5-11(12)19-13(20)7-16/h4-6H,7,9H2,1-3H3,(H,18,21). The molecule has 0 atom stereocenters.